The topological polar surface area (TPSA) is 96.9 Å². The van der Waals surface area contributed by atoms with Crippen molar-refractivity contribution in [2.75, 3.05) is 34.0 Å². The van der Waals surface area contributed by atoms with E-state index in [-0.39, 0.29) is 0 Å². The zero-order valence-corrected chi connectivity index (χ0v) is 19.2. The van der Waals surface area contributed by atoms with Gasteiger partial charge in [0, 0.05) is 30.0 Å². The molecule has 0 fully saturated rings. The molecule has 0 atom stereocenters. The molecule has 3 aromatic carbocycles. The molecule has 170 valence electrons. The molecule has 0 spiro atoms. The molecule has 7 nitrogen and oxygen atoms in total. The van der Waals surface area contributed by atoms with Crippen molar-refractivity contribution in [1.29, 1.82) is 0 Å². The number of nitrogens with one attached hydrogen (secondary N) is 3. The molecular formula is C26H32N7+. The fourth-order valence-corrected chi connectivity index (χ4v) is 3.60. The van der Waals surface area contributed by atoms with Crippen molar-refractivity contribution in [3.05, 3.63) is 84.9 Å². The summed E-state index contributed by atoms with van der Waals surface area (Å²) in [6, 6.07) is 20.1. The van der Waals surface area contributed by atoms with Crippen LogP contribution in [0.5, 0.6) is 0 Å². The number of aromatic nitrogens is 2. The van der Waals surface area contributed by atoms with Crippen LogP contribution in [0.2, 0.25) is 0 Å². The highest BCUT2D eigenvalue weighted by Crippen LogP contribution is 2.33. The van der Waals surface area contributed by atoms with Gasteiger partial charge in [-0.15, -0.1) is 0 Å². The highest BCUT2D eigenvalue weighted by atomic mass is 15.1. The van der Waals surface area contributed by atoms with Crippen LogP contribution in [0.4, 0.5) is 39.8 Å². The van der Waals surface area contributed by atoms with Crippen molar-refractivity contribution in [1.82, 2.24) is 4.57 Å². The van der Waals surface area contributed by atoms with Gasteiger partial charge in [-0.1, -0.05) is 17.7 Å². The first-order valence-electron chi connectivity index (χ1n) is 11.1. The summed E-state index contributed by atoms with van der Waals surface area (Å²) in [6.07, 6.45) is 7.28. The molecule has 1 heterocycles. The number of nitrogen functional groups attached to an aromatic ring is 2. The highest BCUT2D eigenvalue weighted by Gasteiger charge is 2.08. The van der Waals surface area contributed by atoms with Gasteiger partial charge >= 0.3 is 0 Å². The molecule has 0 bridgehead atoms. The van der Waals surface area contributed by atoms with Crippen molar-refractivity contribution in [2.24, 2.45) is 7.05 Å². The van der Waals surface area contributed by atoms with E-state index in [2.05, 4.69) is 75.0 Å². The molecule has 0 saturated heterocycles. The van der Waals surface area contributed by atoms with E-state index in [0.717, 1.165) is 47.9 Å². The molecule has 0 aliphatic rings. The van der Waals surface area contributed by atoms with E-state index in [1.165, 1.54) is 5.56 Å². The molecule has 4 rings (SSSR count). The maximum atomic E-state index is 6.23. The number of nitrogens with zero attached hydrogens (tertiary/aromatic N) is 2. The summed E-state index contributed by atoms with van der Waals surface area (Å²) in [5.74, 6) is 0. The standard InChI is InChI=1S/C26H32N7/c1-19-4-6-21(7-5-19)30-25-17-26(24(28)16-23(25)27)31-22-10-8-20(9-11-22)29-12-3-13-33-15-14-32(2)18-33/h4-11,14-18,29-31H,3,12-13,27-28H2,1-2H3/q+1. The van der Waals surface area contributed by atoms with E-state index in [1.807, 2.05) is 37.4 Å². The van der Waals surface area contributed by atoms with E-state index in [1.54, 1.807) is 6.07 Å². The third kappa shape index (κ3) is 5.98. The summed E-state index contributed by atoms with van der Waals surface area (Å²) in [6.45, 7) is 3.96. The van der Waals surface area contributed by atoms with Gasteiger partial charge in [0.05, 0.1) is 36.3 Å². The lowest BCUT2D eigenvalue weighted by Crippen LogP contribution is -2.23. The van der Waals surface area contributed by atoms with E-state index >= 15 is 0 Å². The van der Waals surface area contributed by atoms with Crippen molar-refractivity contribution in [2.45, 2.75) is 19.9 Å². The zero-order valence-electron chi connectivity index (χ0n) is 19.2. The second-order valence-electron chi connectivity index (χ2n) is 8.32. The Labute approximate surface area is 195 Å². The third-order valence-corrected chi connectivity index (χ3v) is 5.46. The van der Waals surface area contributed by atoms with Gasteiger partial charge in [0.1, 0.15) is 12.4 Å². The maximum Gasteiger partial charge on any atom is 0.243 e. The second kappa shape index (κ2) is 9.99. The number of hydrogen-bond acceptors (Lipinski definition) is 5. The van der Waals surface area contributed by atoms with Crippen LogP contribution < -0.4 is 32.0 Å². The monoisotopic (exact) mass is 442 g/mol. The highest BCUT2D eigenvalue weighted by molar-refractivity contribution is 5.85. The van der Waals surface area contributed by atoms with Crippen LogP contribution in [0.25, 0.3) is 0 Å². The average molecular weight is 443 g/mol. The van der Waals surface area contributed by atoms with Gasteiger partial charge in [-0.2, -0.15) is 0 Å². The Balaban J connectivity index is 1.35. The van der Waals surface area contributed by atoms with Crippen molar-refractivity contribution in [3.63, 3.8) is 0 Å². The molecule has 33 heavy (non-hydrogen) atoms. The molecule has 4 aromatic rings. The number of benzene rings is 3. The van der Waals surface area contributed by atoms with Crippen LogP contribution in [0.1, 0.15) is 12.0 Å². The Morgan fingerprint density at radius 3 is 1.97 bits per heavy atom. The predicted molar refractivity (Wildman–Crippen MR) is 138 cm³/mol. The summed E-state index contributed by atoms with van der Waals surface area (Å²) < 4.78 is 4.24. The third-order valence-electron chi connectivity index (χ3n) is 5.46. The second-order valence-corrected chi connectivity index (χ2v) is 8.32. The largest absolute Gasteiger partial charge is 0.397 e. The number of hydrogen-bond donors (Lipinski definition) is 5. The minimum absolute atomic E-state index is 0.600. The quantitative estimate of drug-likeness (QED) is 0.146. The Hall–Kier alpha value is -4.13. The summed E-state index contributed by atoms with van der Waals surface area (Å²) in [5, 5.41) is 10.2. The van der Waals surface area contributed by atoms with Gasteiger partial charge in [-0.3, -0.25) is 0 Å². The van der Waals surface area contributed by atoms with Crippen LogP contribution in [0.3, 0.4) is 0 Å². The first kappa shape index (κ1) is 22.1. The minimum Gasteiger partial charge on any atom is -0.397 e. The number of anilines is 7. The fraction of sp³-hybridized carbons (Fsp3) is 0.192. The molecule has 0 radical (unpaired) electrons. The van der Waals surface area contributed by atoms with Crippen LogP contribution in [0, 0.1) is 6.92 Å². The molecule has 1 aromatic heterocycles. The SMILES string of the molecule is Cc1ccc(Nc2cc(Nc3ccc(NCCCn4cc[n+](C)c4)cc3)c(N)cc2N)cc1. The summed E-state index contributed by atoms with van der Waals surface area (Å²) in [4.78, 5) is 0. The lowest BCUT2D eigenvalue weighted by Gasteiger charge is -2.16. The van der Waals surface area contributed by atoms with Crippen LogP contribution >= 0.6 is 0 Å². The number of aryl methyl sites for hydroxylation is 3. The Bertz CT molecular complexity index is 1190. The Morgan fingerprint density at radius 2 is 1.39 bits per heavy atom. The summed E-state index contributed by atoms with van der Waals surface area (Å²) in [5.41, 5.74) is 19.5. The van der Waals surface area contributed by atoms with Gasteiger partial charge in [-0.25, -0.2) is 9.13 Å². The van der Waals surface area contributed by atoms with Crippen LogP contribution in [-0.4, -0.2) is 11.1 Å². The van der Waals surface area contributed by atoms with E-state index in [9.17, 15) is 0 Å². The zero-order chi connectivity index (χ0) is 23.2. The van der Waals surface area contributed by atoms with Gasteiger partial charge in [0.2, 0.25) is 6.33 Å². The smallest absolute Gasteiger partial charge is 0.243 e. The molecule has 0 saturated carbocycles. The Morgan fingerprint density at radius 1 is 0.818 bits per heavy atom. The average Bonchev–Trinajstić information content (AvgIpc) is 3.22. The van der Waals surface area contributed by atoms with Crippen molar-refractivity contribution < 1.29 is 4.57 Å². The fourth-order valence-electron chi connectivity index (χ4n) is 3.60. The molecular weight excluding hydrogens is 410 g/mol. The number of imidazole rings is 1. The molecule has 0 unspecified atom stereocenters. The van der Waals surface area contributed by atoms with Gasteiger partial charge in [0.25, 0.3) is 0 Å². The van der Waals surface area contributed by atoms with Crippen molar-refractivity contribution in [3.8, 4) is 0 Å². The first-order chi connectivity index (χ1) is 16.0. The number of rotatable bonds is 9. The van der Waals surface area contributed by atoms with Gasteiger partial charge < -0.3 is 27.4 Å². The molecule has 7 N–H and O–H groups in total. The molecule has 0 amide bonds. The minimum atomic E-state index is 0.600. The van der Waals surface area contributed by atoms with Crippen LogP contribution in [0.15, 0.2) is 79.4 Å². The first-order valence-corrected chi connectivity index (χ1v) is 11.1. The molecule has 0 aliphatic carbocycles. The summed E-state index contributed by atoms with van der Waals surface area (Å²) in [7, 11) is 2.03. The lowest BCUT2D eigenvalue weighted by molar-refractivity contribution is -0.671. The van der Waals surface area contributed by atoms with Crippen molar-refractivity contribution >= 4 is 39.8 Å². The maximum absolute atomic E-state index is 6.23. The normalized spacial score (nSPS) is 10.7. The molecule has 0 aliphatic heterocycles. The van der Waals surface area contributed by atoms with Crippen LogP contribution in [-0.2, 0) is 13.6 Å². The number of nitrogens with two attached hydrogens (primary N) is 2. The van der Waals surface area contributed by atoms with E-state index < -0.39 is 0 Å². The van der Waals surface area contributed by atoms with E-state index in [0.29, 0.717) is 11.4 Å². The molecule has 7 heteroatoms. The van der Waals surface area contributed by atoms with Gasteiger partial charge in [-0.05, 0) is 55.5 Å². The van der Waals surface area contributed by atoms with E-state index in [4.69, 9.17) is 11.5 Å². The predicted octanol–water partition coefficient (Wildman–Crippen LogP) is 4.77. The Kier molecular flexibility index (Phi) is 6.69. The summed E-state index contributed by atoms with van der Waals surface area (Å²) >= 11 is 0. The lowest BCUT2D eigenvalue weighted by atomic mass is 10.1. The van der Waals surface area contributed by atoms with Gasteiger partial charge in [0.15, 0.2) is 0 Å².